The number of hydrogen-bond acceptors (Lipinski definition) is 4. The molecule has 0 radical (unpaired) electrons. The van der Waals surface area contributed by atoms with Crippen LogP contribution in [-0.4, -0.2) is 37.2 Å². The molecule has 0 atom stereocenters. The fourth-order valence-corrected chi connectivity index (χ4v) is 5.28. The molecule has 2 N–H and O–H groups in total. The predicted octanol–water partition coefficient (Wildman–Crippen LogP) is 5.57. The van der Waals surface area contributed by atoms with Crippen LogP contribution < -0.4 is 5.69 Å². The predicted molar refractivity (Wildman–Crippen MR) is 144 cm³/mol. The number of benzene rings is 2. The van der Waals surface area contributed by atoms with Gasteiger partial charge >= 0.3 is 17.6 Å². The lowest BCUT2D eigenvalue weighted by Crippen LogP contribution is -2.35. The van der Waals surface area contributed by atoms with E-state index >= 15 is 0 Å². The van der Waals surface area contributed by atoms with Gasteiger partial charge < -0.3 is 10.2 Å². The van der Waals surface area contributed by atoms with Gasteiger partial charge in [-0.2, -0.15) is 0 Å². The lowest BCUT2D eigenvalue weighted by atomic mass is 9.88. The second kappa shape index (κ2) is 11.6. The third-order valence-electron chi connectivity index (χ3n) is 7.34. The van der Waals surface area contributed by atoms with Crippen molar-refractivity contribution in [3.8, 4) is 11.1 Å². The number of nitrogens with zero attached hydrogens (tertiary/aromatic N) is 2. The van der Waals surface area contributed by atoms with Gasteiger partial charge in [-0.25, -0.2) is 19.0 Å². The van der Waals surface area contributed by atoms with Crippen molar-refractivity contribution < 1.29 is 24.6 Å². The molecule has 0 saturated heterocycles. The number of imidazole rings is 1. The number of aromatic carboxylic acids is 2. The van der Waals surface area contributed by atoms with Gasteiger partial charge in [-0.3, -0.25) is 9.36 Å². The van der Waals surface area contributed by atoms with Crippen molar-refractivity contribution in [2.75, 3.05) is 0 Å². The first-order valence-corrected chi connectivity index (χ1v) is 13.2. The Kier molecular flexibility index (Phi) is 8.29. The van der Waals surface area contributed by atoms with E-state index in [-0.39, 0.29) is 29.6 Å². The maximum atomic E-state index is 13.6. The fraction of sp³-hybridized carbons (Fsp3) is 0.400. The fourth-order valence-electron chi connectivity index (χ4n) is 5.28. The van der Waals surface area contributed by atoms with Crippen LogP contribution in [0.15, 0.2) is 53.3 Å². The smallest absolute Gasteiger partial charge is 0.354 e. The van der Waals surface area contributed by atoms with Crippen molar-refractivity contribution in [2.24, 2.45) is 11.8 Å². The summed E-state index contributed by atoms with van der Waals surface area (Å²) in [6, 6.07) is 13.9. The number of hydrogen-bond donors (Lipinski definition) is 2. The molecule has 0 unspecified atom stereocenters. The number of aromatic nitrogens is 2. The normalized spacial score (nSPS) is 14.1. The standard InChI is InChI=1S/C30H34N2O6/c1-19(2)12-17-25-26(29(36)37)32(27(33)22-8-4-3-5-9-22)30(38)31(25)18-20-13-15-21(16-14-20)23-10-6-7-11-24(23)28(34)35/h6-7,10-11,13-16,19,22H,3-5,8-9,12,17-18H2,1-2H3,(H,34,35)(H,36,37). The Bertz CT molecular complexity index is 1390. The summed E-state index contributed by atoms with van der Waals surface area (Å²) in [6.45, 7) is 4.17. The third-order valence-corrected chi connectivity index (χ3v) is 7.34. The Morgan fingerprint density at radius 2 is 1.58 bits per heavy atom. The lowest BCUT2D eigenvalue weighted by Gasteiger charge is -2.20. The van der Waals surface area contributed by atoms with Crippen molar-refractivity contribution in [1.29, 1.82) is 0 Å². The molecule has 1 aliphatic carbocycles. The van der Waals surface area contributed by atoms with Crippen molar-refractivity contribution in [1.82, 2.24) is 9.13 Å². The molecule has 1 saturated carbocycles. The van der Waals surface area contributed by atoms with E-state index in [2.05, 4.69) is 0 Å². The SMILES string of the molecule is CC(C)CCc1c(C(=O)O)n(C(=O)C2CCCCC2)c(=O)n1Cc1ccc(-c2ccccc2C(=O)O)cc1. The molecular formula is C30H34N2O6. The minimum absolute atomic E-state index is 0.109. The number of carboxylic acids is 2. The highest BCUT2D eigenvalue weighted by atomic mass is 16.4. The molecule has 200 valence electrons. The molecule has 1 aliphatic rings. The Morgan fingerprint density at radius 3 is 2.18 bits per heavy atom. The van der Waals surface area contributed by atoms with Gasteiger partial charge in [0.1, 0.15) is 0 Å². The molecule has 0 aliphatic heterocycles. The van der Waals surface area contributed by atoms with Crippen LogP contribution in [0.2, 0.25) is 0 Å². The van der Waals surface area contributed by atoms with Gasteiger partial charge in [0.05, 0.1) is 17.8 Å². The van der Waals surface area contributed by atoms with E-state index in [0.29, 0.717) is 36.9 Å². The average molecular weight is 519 g/mol. The first-order valence-electron chi connectivity index (χ1n) is 13.2. The molecular weight excluding hydrogens is 484 g/mol. The number of carbonyl (C=O) groups excluding carboxylic acids is 1. The van der Waals surface area contributed by atoms with Crippen LogP contribution >= 0.6 is 0 Å². The minimum Gasteiger partial charge on any atom is -0.478 e. The monoisotopic (exact) mass is 518 g/mol. The lowest BCUT2D eigenvalue weighted by molar-refractivity contribution is 0.0656. The van der Waals surface area contributed by atoms with Gasteiger partial charge in [-0.15, -0.1) is 0 Å². The molecule has 0 amide bonds. The molecule has 8 heteroatoms. The maximum absolute atomic E-state index is 13.6. The Labute approximate surface area is 221 Å². The zero-order valence-electron chi connectivity index (χ0n) is 21.9. The van der Waals surface area contributed by atoms with E-state index in [1.807, 2.05) is 13.8 Å². The number of carbonyl (C=O) groups is 3. The molecule has 38 heavy (non-hydrogen) atoms. The molecule has 1 heterocycles. The van der Waals surface area contributed by atoms with Crippen LogP contribution in [0.25, 0.3) is 11.1 Å². The summed E-state index contributed by atoms with van der Waals surface area (Å²) >= 11 is 0. The van der Waals surface area contributed by atoms with Gasteiger partial charge in [0.2, 0.25) is 5.91 Å². The summed E-state index contributed by atoms with van der Waals surface area (Å²) in [5.74, 6) is -2.77. The highest BCUT2D eigenvalue weighted by molar-refractivity contribution is 5.96. The topological polar surface area (TPSA) is 119 Å². The molecule has 8 nitrogen and oxygen atoms in total. The zero-order chi connectivity index (χ0) is 27.4. The van der Waals surface area contributed by atoms with E-state index in [1.54, 1.807) is 48.5 Å². The molecule has 2 aromatic carbocycles. The van der Waals surface area contributed by atoms with E-state index in [4.69, 9.17) is 0 Å². The molecule has 0 spiro atoms. The third kappa shape index (κ3) is 5.64. The quantitative estimate of drug-likeness (QED) is 0.382. The summed E-state index contributed by atoms with van der Waals surface area (Å²) < 4.78 is 2.33. The average Bonchev–Trinajstić information content (AvgIpc) is 3.19. The summed E-state index contributed by atoms with van der Waals surface area (Å²) in [4.78, 5) is 51.1. The summed E-state index contributed by atoms with van der Waals surface area (Å²) in [6.07, 6.45) is 5.19. The molecule has 0 bridgehead atoms. The summed E-state index contributed by atoms with van der Waals surface area (Å²) in [5.41, 5.74) is 1.76. The van der Waals surface area contributed by atoms with E-state index < -0.39 is 23.5 Å². The summed E-state index contributed by atoms with van der Waals surface area (Å²) in [5, 5.41) is 19.6. The van der Waals surface area contributed by atoms with Crippen LogP contribution in [0.5, 0.6) is 0 Å². The second-order valence-electron chi connectivity index (χ2n) is 10.5. The molecule has 1 aromatic heterocycles. The van der Waals surface area contributed by atoms with Gasteiger partial charge in [-0.05, 0) is 54.4 Å². The van der Waals surface area contributed by atoms with E-state index in [0.717, 1.165) is 35.0 Å². The van der Waals surface area contributed by atoms with E-state index in [9.17, 15) is 29.4 Å². The van der Waals surface area contributed by atoms with Crippen LogP contribution in [0.1, 0.15) is 89.3 Å². The largest absolute Gasteiger partial charge is 0.478 e. The van der Waals surface area contributed by atoms with Crippen LogP contribution in [-0.2, 0) is 13.0 Å². The van der Waals surface area contributed by atoms with Gasteiger partial charge in [-0.1, -0.05) is 75.6 Å². The maximum Gasteiger partial charge on any atom is 0.354 e. The first-order chi connectivity index (χ1) is 18.2. The highest BCUT2D eigenvalue weighted by Gasteiger charge is 2.32. The van der Waals surface area contributed by atoms with Crippen LogP contribution in [0.3, 0.4) is 0 Å². The number of carboxylic acid groups (broad SMARTS) is 2. The van der Waals surface area contributed by atoms with Crippen molar-refractivity contribution in [2.45, 2.75) is 65.3 Å². The van der Waals surface area contributed by atoms with Crippen molar-refractivity contribution >= 4 is 17.8 Å². The van der Waals surface area contributed by atoms with Gasteiger partial charge in [0.25, 0.3) is 0 Å². The molecule has 1 fully saturated rings. The second-order valence-corrected chi connectivity index (χ2v) is 10.5. The summed E-state index contributed by atoms with van der Waals surface area (Å²) in [7, 11) is 0. The van der Waals surface area contributed by atoms with E-state index in [1.165, 1.54) is 4.57 Å². The Hall–Kier alpha value is -3.94. The first kappa shape index (κ1) is 27.1. The van der Waals surface area contributed by atoms with Crippen molar-refractivity contribution in [3.05, 3.63) is 81.5 Å². The number of rotatable bonds is 9. The van der Waals surface area contributed by atoms with Gasteiger partial charge in [0, 0.05) is 5.92 Å². The van der Waals surface area contributed by atoms with Crippen LogP contribution in [0, 0.1) is 11.8 Å². The Balaban J connectivity index is 1.74. The minimum atomic E-state index is -1.27. The molecule has 4 rings (SSSR count). The molecule has 3 aromatic rings. The highest BCUT2D eigenvalue weighted by Crippen LogP contribution is 2.27. The Morgan fingerprint density at radius 1 is 0.921 bits per heavy atom. The van der Waals surface area contributed by atoms with Gasteiger partial charge in [0.15, 0.2) is 5.69 Å². The zero-order valence-corrected chi connectivity index (χ0v) is 21.9. The van der Waals surface area contributed by atoms with Crippen LogP contribution in [0.4, 0.5) is 0 Å². The van der Waals surface area contributed by atoms with Crippen molar-refractivity contribution in [3.63, 3.8) is 0 Å².